The molecule has 2 aromatic rings. The number of aliphatic hydroxyl groups excluding tert-OH is 1. The fraction of sp³-hybridized carbons (Fsp3) is 0.385. The van der Waals surface area contributed by atoms with Crippen molar-refractivity contribution in [3.63, 3.8) is 0 Å². The number of halogens is 1. The molecule has 1 aromatic carbocycles. The first kappa shape index (κ1) is 12.7. The van der Waals surface area contributed by atoms with Crippen LogP contribution in [0.5, 0.6) is 0 Å². The molecule has 1 unspecified atom stereocenters. The highest BCUT2D eigenvalue weighted by Gasteiger charge is 2.11. The summed E-state index contributed by atoms with van der Waals surface area (Å²) in [6, 6.07) is 6.17. The zero-order chi connectivity index (χ0) is 13.0. The highest BCUT2D eigenvalue weighted by molar-refractivity contribution is 5.19. The molecule has 1 N–H and O–H groups in total. The van der Waals surface area contributed by atoms with Gasteiger partial charge in [0, 0.05) is 6.42 Å². The Morgan fingerprint density at radius 3 is 2.72 bits per heavy atom. The summed E-state index contributed by atoms with van der Waals surface area (Å²) >= 11 is 0. The number of rotatable bonds is 5. The maximum Gasteiger partial charge on any atom is 0.229 e. The quantitative estimate of drug-likeness (QED) is 0.883. The van der Waals surface area contributed by atoms with Crippen LogP contribution >= 0.6 is 0 Å². The van der Waals surface area contributed by atoms with Gasteiger partial charge in [0.05, 0.1) is 12.5 Å². The van der Waals surface area contributed by atoms with E-state index in [1.165, 1.54) is 12.1 Å². The summed E-state index contributed by atoms with van der Waals surface area (Å²) in [6.45, 7) is 1.89. The lowest BCUT2D eigenvalue weighted by atomic mass is 10.1. The normalized spacial score (nSPS) is 12.6. The number of benzene rings is 1. The summed E-state index contributed by atoms with van der Waals surface area (Å²) in [5.74, 6) is 0.708. The van der Waals surface area contributed by atoms with Crippen LogP contribution in [0.4, 0.5) is 4.39 Å². The first-order valence-corrected chi connectivity index (χ1v) is 5.91. The van der Waals surface area contributed by atoms with Gasteiger partial charge in [0.25, 0.3) is 0 Å². The number of nitrogens with zero attached hydrogens (tertiary/aromatic N) is 2. The summed E-state index contributed by atoms with van der Waals surface area (Å²) in [4.78, 5) is 4.18. The van der Waals surface area contributed by atoms with E-state index < -0.39 is 6.10 Å². The fourth-order valence-corrected chi connectivity index (χ4v) is 1.58. The molecule has 4 nitrogen and oxygen atoms in total. The molecule has 0 saturated heterocycles. The van der Waals surface area contributed by atoms with Crippen molar-refractivity contribution in [1.29, 1.82) is 0 Å². The van der Waals surface area contributed by atoms with Gasteiger partial charge < -0.3 is 9.63 Å². The van der Waals surface area contributed by atoms with Crippen molar-refractivity contribution in [3.05, 3.63) is 47.4 Å². The molecule has 5 heteroatoms. The van der Waals surface area contributed by atoms with E-state index >= 15 is 0 Å². The summed E-state index contributed by atoms with van der Waals surface area (Å²) < 4.78 is 17.8. The average Bonchev–Trinajstić information content (AvgIpc) is 2.79. The van der Waals surface area contributed by atoms with Gasteiger partial charge in [-0.15, -0.1) is 0 Å². The highest BCUT2D eigenvalue weighted by Crippen LogP contribution is 2.09. The van der Waals surface area contributed by atoms with Crippen LogP contribution in [0.25, 0.3) is 0 Å². The molecule has 18 heavy (non-hydrogen) atoms. The molecule has 0 bridgehead atoms. The van der Waals surface area contributed by atoms with Gasteiger partial charge in [-0.25, -0.2) is 4.39 Å². The Labute approximate surface area is 104 Å². The SMILES string of the molecule is CCC(O)Cc1nc(Cc2ccc(F)cc2)no1. The Hall–Kier alpha value is -1.75. The Kier molecular flexibility index (Phi) is 4.04. The summed E-state index contributed by atoms with van der Waals surface area (Å²) in [6.07, 6.45) is 1.05. The molecule has 0 aliphatic carbocycles. The van der Waals surface area contributed by atoms with Crippen LogP contribution in [-0.2, 0) is 12.8 Å². The van der Waals surface area contributed by atoms with E-state index in [9.17, 15) is 9.50 Å². The Morgan fingerprint density at radius 2 is 2.06 bits per heavy atom. The largest absolute Gasteiger partial charge is 0.393 e. The van der Waals surface area contributed by atoms with Crippen LogP contribution in [0.3, 0.4) is 0 Å². The first-order valence-electron chi connectivity index (χ1n) is 5.91. The third-order valence-electron chi connectivity index (χ3n) is 2.67. The van der Waals surface area contributed by atoms with E-state index in [4.69, 9.17) is 4.52 Å². The zero-order valence-electron chi connectivity index (χ0n) is 10.1. The predicted molar refractivity (Wildman–Crippen MR) is 63.5 cm³/mol. The van der Waals surface area contributed by atoms with Crippen LogP contribution in [0.15, 0.2) is 28.8 Å². The van der Waals surface area contributed by atoms with Crippen molar-refractivity contribution in [2.24, 2.45) is 0 Å². The second-order valence-corrected chi connectivity index (χ2v) is 4.17. The minimum absolute atomic E-state index is 0.265. The molecule has 96 valence electrons. The minimum Gasteiger partial charge on any atom is -0.393 e. The molecule has 2 rings (SSSR count). The van der Waals surface area contributed by atoms with E-state index in [0.717, 1.165) is 5.56 Å². The second kappa shape index (κ2) is 5.73. The topological polar surface area (TPSA) is 59.2 Å². The second-order valence-electron chi connectivity index (χ2n) is 4.17. The molecule has 0 aliphatic heterocycles. The molecule has 0 spiro atoms. The molecule has 0 amide bonds. The van der Waals surface area contributed by atoms with Gasteiger partial charge in [-0.2, -0.15) is 4.98 Å². The van der Waals surface area contributed by atoms with Gasteiger partial charge in [0.2, 0.25) is 5.89 Å². The molecule has 1 atom stereocenters. The van der Waals surface area contributed by atoms with Gasteiger partial charge in [0.1, 0.15) is 5.82 Å². The lowest BCUT2D eigenvalue weighted by Gasteiger charge is -2.01. The van der Waals surface area contributed by atoms with Crippen LogP contribution in [-0.4, -0.2) is 21.4 Å². The van der Waals surface area contributed by atoms with Crippen LogP contribution in [0.1, 0.15) is 30.6 Å². The van der Waals surface area contributed by atoms with Gasteiger partial charge in [0.15, 0.2) is 5.82 Å². The van der Waals surface area contributed by atoms with E-state index in [1.807, 2.05) is 6.92 Å². The van der Waals surface area contributed by atoms with Gasteiger partial charge in [-0.3, -0.25) is 0 Å². The minimum atomic E-state index is -0.455. The predicted octanol–water partition coefficient (Wildman–Crippen LogP) is 2.11. The van der Waals surface area contributed by atoms with E-state index in [-0.39, 0.29) is 5.82 Å². The lowest BCUT2D eigenvalue weighted by molar-refractivity contribution is 0.158. The Morgan fingerprint density at radius 1 is 1.33 bits per heavy atom. The number of hydrogen-bond donors (Lipinski definition) is 1. The number of aliphatic hydroxyl groups is 1. The summed E-state index contributed by atoms with van der Waals surface area (Å²) in [5.41, 5.74) is 0.916. The number of hydrogen-bond acceptors (Lipinski definition) is 4. The molecule has 0 radical (unpaired) electrons. The average molecular weight is 250 g/mol. The van der Waals surface area contributed by atoms with Gasteiger partial charge >= 0.3 is 0 Å². The Balaban J connectivity index is 2.00. The lowest BCUT2D eigenvalue weighted by Crippen LogP contribution is -2.08. The third kappa shape index (κ3) is 3.37. The van der Waals surface area contributed by atoms with Crippen LogP contribution in [0, 0.1) is 5.82 Å². The first-order chi connectivity index (χ1) is 8.67. The van der Waals surface area contributed by atoms with Crippen molar-refractivity contribution in [1.82, 2.24) is 10.1 Å². The number of aromatic nitrogens is 2. The molecular weight excluding hydrogens is 235 g/mol. The maximum atomic E-state index is 12.7. The molecule has 1 aromatic heterocycles. The van der Waals surface area contributed by atoms with Crippen LogP contribution < -0.4 is 0 Å². The molecule has 0 fully saturated rings. The standard InChI is InChI=1S/C13H15FN2O2/c1-2-11(17)8-13-15-12(16-18-13)7-9-3-5-10(14)6-4-9/h3-6,11,17H,2,7-8H2,1H3. The zero-order valence-corrected chi connectivity index (χ0v) is 10.1. The molecular formula is C13H15FN2O2. The highest BCUT2D eigenvalue weighted by atomic mass is 19.1. The van der Waals surface area contributed by atoms with Crippen molar-refractivity contribution in [2.75, 3.05) is 0 Å². The van der Waals surface area contributed by atoms with Gasteiger partial charge in [-0.05, 0) is 24.1 Å². The van der Waals surface area contributed by atoms with Crippen molar-refractivity contribution >= 4 is 0 Å². The van der Waals surface area contributed by atoms with E-state index in [2.05, 4.69) is 10.1 Å². The van der Waals surface area contributed by atoms with Crippen LogP contribution in [0.2, 0.25) is 0 Å². The molecule has 0 saturated carbocycles. The molecule has 0 aliphatic rings. The maximum absolute atomic E-state index is 12.7. The van der Waals surface area contributed by atoms with Gasteiger partial charge in [-0.1, -0.05) is 24.2 Å². The van der Waals surface area contributed by atoms with E-state index in [1.54, 1.807) is 12.1 Å². The van der Waals surface area contributed by atoms with Crippen molar-refractivity contribution < 1.29 is 14.0 Å². The smallest absolute Gasteiger partial charge is 0.229 e. The van der Waals surface area contributed by atoms with Crippen molar-refractivity contribution in [3.8, 4) is 0 Å². The monoisotopic (exact) mass is 250 g/mol. The summed E-state index contributed by atoms with van der Waals surface area (Å²) in [7, 11) is 0. The third-order valence-corrected chi connectivity index (χ3v) is 2.67. The summed E-state index contributed by atoms with van der Waals surface area (Å²) in [5, 5.41) is 13.3. The Bertz CT molecular complexity index is 496. The molecule has 1 heterocycles. The van der Waals surface area contributed by atoms with Crippen molar-refractivity contribution in [2.45, 2.75) is 32.3 Å². The fourth-order valence-electron chi connectivity index (χ4n) is 1.58. The van der Waals surface area contributed by atoms with E-state index in [0.29, 0.717) is 31.0 Å².